The van der Waals surface area contributed by atoms with E-state index in [9.17, 15) is 9.90 Å². The van der Waals surface area contributed by atoms with E-state index in [1.54, 1.807) is 0 Å². The second-order valence-corrected chi connectivity index (χ2v) is 4.14. The normalized spacial score (nSPS) is 10.1. The summed E-state index contributed by atoms with van der Waals surface area (Å²) in [4.78, 5) is 14.8. The fourth-order valence-corrected chi connectivity index (χ4v) is 1.69. The maximum absolute atomic E-state index is 11.5. The Labute approximate surface area is 129 Å². The molecule has 0 N–H and O–H groups in total. The molecule has 0 amide bonds. The number of hydrogen-bond donors (Lipinski definition) is 0. The molecule has 100 valence electrons. The number of rotatable bonds is 5. The second-order valence-electron chi connectivity index (χ2n) is 4.14. The van der Waals surface area contributed by atoms with Crippen LogP contribution in [0.3, 0.4) is 0 Å². The van der Waals surface area contributed by atoms with Gasteiger partial charge in [-0.2, -0.15) is 0 Å². The van der Waals surface area contributed by atoms with Crippen molar-refractivity contribution in [2.75, 3.05) is 0 Å². The molecule has 1 aromatic carbocycles. The maximum Gasteiger partial charge on any atom is 1.00 e. The molecule has 6 heteroatoms. The Balaban J connectivity index is 0.00000200. The van der Waals surface area contributed by atoms with Crippen molar-refractivity contribution in [3.63, 3.8) is 0 Å². The summed E-state index contributed by atoms with van der Waals surface area (Å²) in [6.07, 6.45) is 2.06. The number of aromatic nitrogens is 2. The van der Waals surface area contributed by atoms with E-state index in [2.05, 4.69) is 4.98 Å². The molecule has 1 heterocycles. The SMILES string of the molecule is CCc1cn(COCc2ccccc2)c([O-])nc1=O.[Li+]. The summed E-state index contributed by atoms with van der Waals surface area (Å²) in [7, 11) is 0. The zero-order valence-corrected chi connectivity index (χ0v) is 11.7. The Morgan fingerprint density at radius 2 is 2.00 bits per heavy atom. The summed E-state index contributed by atoms with van der Waals surface area (Å²) in [5, 5.41) is 11.5. The molecule has 5 nitrogen and oxygen atoms in total. The Morgan fingerprint density at radius 3 is 2.65 bits per heavy atom. The van der Waals surface area contributed by atoms with E-state index >= 15 is 0 Å². The van der Waals surface area contributed by atoms with Crippen molar-refractivity contribution in [3.05, 3.63) is 58.0 Å². The standard InChI is InChI=1S/C14H16N2O3.Li/c1-2-12-8-16(14(18)15-13(12)17)10-19-9-11-6-4-3-5-7-11;/h3-8H,2,9-10H2,1H3,(H,15,17,18);/q;+1/p-1. The molecule has 0 unspecified atom stereocenters. The summed E-state index contributed by atoms with van der Waals surface area (Å²) < 4.78 is 6.76. The van der Waals surface area contributed by atoms with Crippen LogP contribution >= 0.6 is 0 Å². The van der Waals surface area contributed by atoms with Crippen molar-refractivity contribution < 1.29 is 28.7 Å². The summed E-state index contributed by atoms with van der Waals surface area (Å²) in [5.74, 6) is 0. The van der Waals surface area contributed by atoms with Crippen LogP contribution in [0.15, 0.2) is 41.3 Å². The molecular weight excluding hydrogens is 251 g/mol. The third kappa shape index (κ3) is 4.24. The molecule has 1 aromatic heterocycles. The first kappa shape index (κ1) is 16.5. The second kappa shape index (κ2) is 7.90. The van der Waals surface area contributed by atoms with Gasteiger partial charge in [0.05, 0.1) is 12.6 Å². The van der Waals surface area contributed by atoms with Crippen LogP contribution in [0.25, 0.3) is 0 Å². The zero-order chi connectivity index (χ0) is 13.7. The number of hydrogen-bond acceptors (Lipinski definition) is 4. The number of aryl methyl sites for hydroxylation is 1. The molecule has 0 saturated heterocycles. The number of nitrogens with zero attached hydrogens (tertiary/aromatic N) is 2. The average molecular weight is 266 g/mol. The van der Waals surface area contributed by atoms with Crippen LogP contribution in [0.2, 0.25) is 0 Å². The number of benzene rings is 1. The third-order valence-corrected chi connectivity index (χ3v) is 2.75. The van der Waals surface area contributed by atoms with E-state index in [0.29, 0.717) is 18.6 Å². The first-order valence-electron chi connectivity index (χ1n) is 6.09. The van der Waals surface area contributed by atoms with Crippen molar-refractivity contribution in [2.24, 2.45) is 0 Å². The van der Waals surface area contributed by atoms with Gasteiger partial charge in [0.15, 0.2) is 0 Å². The van der Waals surface area contributed by atoms with E-state index in [1.165, 1.54) is 10.8 Å². The van der Waals surface area contributed by atoms with Crippen LogP contribution in [0, 0.1) is 0 Å². The minimum Gasteiger partial charge on any atom is -0.846 e. The smallest absolute Gasteiger partial charge is 0.846 e. The minimum absolute atomic E-state index is 0. The van der Waals surface area contributed by atoms with Crippen molar-refractivity contribution in [2.45, 2.75) is 26.7 Å². The molecule has 0 bridgehead atoms. The molecule has 0 aliphatic carbocycles. The first-order valence-corrected chi connectivity index (χ1v) is 6.09. The Hall–Kier alpha value is -1.54. The Morgan fingerprint density at radius 1 is 1.30 bits per heavy atom. The van der Waals surface area contributed by atoms with Crippen LogP contribution in [0.5, 0.6) is 6.01 Å². The van der Waals surface area contributed by atoms with Crippen molar-refractivity contribution in [3.8, 4) is 6.01 Å². The van der Waals surface area contributed by atoms with Gasteiger partial charge in [0.2, 0.25) is 0 Å². The fraction of sp³-hybridized carbons (Fsp3) is 0.286. The molecule has 0 radical (unpaired) electrons. The topological polar surface area (TPSA) is 67.2 Å². The van der Waals surface area contributed by atoms with Crippen LogP contribution in [0.1, 0.15) is 18.1 Å². The van der Waals surface area contributed by atoms with Crippen LogP contribution in [-0.4, -0.2) is 9.55 Å². The Bertz CT molecular complexity index is 599. The van der Waals surface area contributed by atoms with Gasteiger partial charge in [-0.3, -0.25) is 4.79 Å². The van der Waals surface area contributed by atoms with Crippen molar-refractivity contribution in [1.82, 2.24) is 9.55 Å². The third-order valence-electron chi connectivity index (χ3n) is 2.75. The van der Waals surface area contributed by atoms with E-state index in [4.69, 9.17) is 4.74 Å². The molecule has 0 aliphatic heterocycles. The summed E-state index contributed by atoms with van der Waals surface area (Å²) in [5.41, 5.74) is 1.09. The predicted molar refractivity (Wildman–Crippen MR) is 68.6 cm³/mol. The van der Waals surface area contributed by atoms with Gasteiger partial charge in [0.1, 0.15) is 6.73 Å². The molecule has 0 aliphatic rings. The molecule has 0 saturated carbocycles. The molecule has 2 rings (SSSR count). The first-order chi connectivity index (χ1) is 9.20. The summed E-state index contributed by atoms with van der Waals surface area (Å²) in [6.45, 7) is 2.35. The van der Waals surface area contributed by atoms with E-state index < -0.39 is 11.6 Å². The van der Waals surface area contributed by atoms with E-state index in [0.717, 1.165) is 5.56 Å². The van der Waals surface area contributed by atoms with Gasteiger partial charge in [-0.15, -0.1) is 0 Å². The van der Waals surface area contributed by atoms with Gasteiger partial charge in [0, 0.05) is 11.8 Å². The zero-order valence-electron chi connectivity index (χ0n) is 11.7. The van der Waals surface area contributed by atoms with Gasteiger partial charge < -0.3 is 14.4 Å². The van der Waals surface area contributed by atoms with Gasteiger partial charge in [0.25, 0.3) is 5.56 Å². The fourth-order valence-electron chi connectivity index (χ4n) is 1.69. The molecular formula is C14H15LiN2O3. The van der Waals surface area contributed by atoms with Gasteiger partial charge in [-0.05, 0) is 12.0 Å². The monoisotopic (exact) mass is 266 g/mol. The average Bonchev–Trinajstić information content (AvgIpc) is 2.42. The van der Waals surface area contributed by atoms with Crippen LogP contribution in [-0.2, 0) is 24.5 Å². The van der Waals surface area contributed by atoms with Crippen LogP contribution < -0.4 is 29.5 Å². The molecule has 0 fully saturated rings. The molecule has 2 aromatic rings. The van der Waals surface area contributed by atoms with Crippen LogP contribution in [0.4, 0.5) is 0 Å². The van der Waals surface area contributed by atoms with E-state index in [-0.39, 0.29) is 25.6 Å². The minimum atomic E-state index is -0.574. The Kier molecular flexibility index (Phi) is 6.53. The number of ether oxygens (including phenoxy) is 1. The van der Waals surface area contributed by atoms with Gasteiger partial charge in [-0.25, -0.2) is 4.98 Å². The largest absolute Gasteiger partial charge is 1.00 e. The molecule has 0 spiro atoms. The van der Waals surface area contributed by atoms with Crippen molar-refractivity contribution in [1.29, 1.82) is 0 Å². The quantitative estimate of drug-likeness (QED) is 0.590. The van der Waals surface area contributed by atoms with E-state index in [1.807, 2.05) is 37.3 Å². The summed E-state index contributed by atoms with van der Waals surface area (Å²) in [6, 6.07) is 9.09. The van der Waals surface area contributed by atoms with Gasteiger partial charge in [-0.1, -0.05) is 37.3 Å². The molecule has 20 heavy (non-hydrogen) atoms. The van der Waals surface area contributed by atoms with Crippen molar-refractivity contribution >= 4 is 0 Å². The predicted octanol–water partition coefficient (Wildman–Crippen LogP) is -1.94. The molecule has 0 atom stereocenters. The van der Waals surface area contributed by atoms with Gasteiger partial charge >= 0.3 is 18.9 Å². The summed E-state index contributed by atoms with van der Waals surface area (Å²) >= 11 is 0. The maximum atomic E-state index is 11.5.